The molecular weight excluding hydrogens is 379 g/mol. The number of aryl methyl sites for hydroxylation is 2. The van der Waals surface area contributed by atoms with E-state index in [0.717, 1.165) is 5.56 Å². The number of nitrogens with one attached hydrogen (secondary N) is 1. The number of carbonyl (C=O) groups excluding carboxylic acids is 1. The standard InChI is InChI=1S/C21H19FN2O5/c1-11-3-4-16-15(7-11)19(27)18(20(28)23-9-17(25)26)21(29)24(16)10-13-5-12(2)6-14(22)8-13/h3-8,27H,9-10H2,1-2H3,(H,23,28)(H,25,26). The van der Waals surface area contributed by atoms with Crippen LogP contribution >= 0.6 is 0 Å². The number of nitrogens with zero attached hydrogens (tertiary/aromatic N) is 1. The average Bonchev–Trinajstić information content (AvgIpc) is 2.63. The lowest BCUT2D eigenvalue weighted by atomic mass is 10.1. The van der Waals surface area contributed by atoms with E-state index in [0.29, 0.717) is 16.6 Å². The van der Waals surface area contributed by atoms with Crippen molar-refractivity contribution in [2.45, 2.75) is 20.4 Å². The molecule has 29 heavy (non-hydrogen) atoms. The summed E-state index contributed by atoms with van der Waals surface area (Å²) in [6.45, 7) is 2.77. The van der Waals surface area contributed by atoms with Gasteiger partial charge in [-0.25, -0.2) is 4.39 Å². The van der Waals surface area contributed by atoms with E-state index in [-0.39, 0.29) is 11.9 Å². The number of aromatic hydroxyl groups is 1. The first-order chi connectivity index (χ1) is 13.7. The van der Waals surface area contributed by atoms with Gasteiger partial charge in [0.25, 0.3) is 11.5 Å². The van der Waals surface area contributed by atoms with Crippen LogP contribution in [0.2, 0.25) is 0 Å². The maximum absolute atomic E-state index is 13.8. The zero-order valence-corrected chi connectivity index (χ0v) is 15.8. The Labute approximate surface area is 165 Å². The topological polar surface area (TPSA) is 109 Å². The van der Waals surface area contributed by atoms with E-state index in [1.165, 1.54) is 16.7 Å². The quantitative estimate of drug-likeness (QED) is 0.611. The highest BCUT2D eigenvalue weighted by Gasteiger charge is 2.23. The SMILES string of the molecule is Cc1cc(F)cc(Cn2c(=O)c(C(=O)NCC(=O)O)c(O)c3cc(C)ccc32)c1. The molecule has 0 atom stereocenters. The second kappa shape index (κ2) is 7.75. The first-order valence-electron chi connectivity index (χ1n) is 8.79. The summed E-state index contributed by atoms with van der Waals surface area (Å²) in [4.78, 5) is 36.2. The van der Waals surface area contributed by atoms with Crippen LogP contribution in [0.3, 0.4) is 0 Å². The van der Waals surface area contributed by atoms with Gasteiger partial charge in [0.2, 0.25) is 0 Å². The first-order valence-corrected chi connectivity index (χ1v) is 8.79. The molecule has 0 aliphatic carbocycles. The summed E-state index contributed by atoms with van der Waals surface area (Å²) in [6.07, 6.45) is 0. The van der Waals surface area contributed by atoms with Crippen LogP contribution in [0.25, 0.3) is 10.9 Å². The smallest absolute Gasteiger partial charge is 0.322 e. The van der Waals surface area contributed by atoms with Gasteiger partial charge in [0.05, 0.1) is 12.1 Å². The fraction of sp³-hybridized carbons (Fsp3) is 0.190. The van der Waals surface area contributed by atoms with Crippen molar-refractivity contribution in [3.8, 4) is 5.75 Å². The number of carbonyl (C=O) groups is 2. The number of amides is 1. The average molecular weight is 398 g/mol. The third kappa shape index (κ3) is 4.11. The Balaban J connectivity index is 2.23. The molecule has 1 aromatic heterocycles. The Morgan fingerprint density at radius 2 is 1.83 bits per heavy atom. The molecule has 0 unspecified atom stereocenters. The second-order valence-corrected chi connectivity index (χ2v) is 6.85. The predicted octanol–water partition coefficient (Wildman–Crippen LogP) is 2.33. The van der Waals surface area contributed by atoms with Gasteiger partial charge in [-0.05, 0) is 49.2 Å². The summed E-state index contributed by atoms with van der Waals surface area (Å²) >= 11 is 0. The van der Waals surface area contributed by atoms with E-state index in [2.05, 4.69) is 5.32 Å². The number of aliphatic carboxylic acids is 1. The van der Waals surface area contributed by atoms with Crippen molar-refractivity contribution in [2.75, 3.05) is 6.54 Å². The number of hydrogen-bond acceptors (Lipinski definition) is 4. The maximum Gasteiger partial charge on any atom is 0.322 e. The van der Waals surface area contributed by atoms with Crippen molar-refractivity contribution in [1.82, 2.24) is 9.88 Å². The number of fused-ring (bicyclic) bond motifs is 1. The van der Waals surface area contributed by atoms with E-state index in [1.54, 1.807) is 38.1 Å². The van der Waals surface area contributed by atoms with Crippen molar-refractivity contribution in [3.05, 3.63) is 74.8 Å². The molecule has 0 bridgehead atoms. The Bertz CT molecular complexity index is 1180. The van der Waals surface area contributed by atoms with E-state index in [4.69, 9.17) is 5.11 Å². The first kappa shape index (κ1) is 20.1. The van der Waals surface area contributed by atoms with Gasteiger partial charge < -0.3 is 20.1 Å². The molecule has 3 aromatic rings. The van der Waals surface area contributed by atoms with Gasteiger partial charge in [0.1, 0.15) is 23.7 Å². The lowest BCUT2D eigenvalue weighted by Gasteiger charge is -2.16. The molecule has 0 radical (unpaired) electrons. The summed E-state index contributed by atoms with van der Waals surface area (Å²) in [7, 11) is 0. The molecule has 0 spiro atoms. The van der Waals surface area contributed by atoms with Crippen LogP contribution in [-0.2, 0) is 11.3 Å². The predicted molar refractivity (Wildman–Crippen MR) is 105 cm³/mol. The molecule has 8 heteroatoms. The lowest BCUT2D eigenvalue weighted by Crippen LogP contribution is -2.36. The fourth-order valence-corrected chi connectivity index (χ4v) is 3.25. The monoisotopic (exact) mass is 398 g/mol. The zero-order chi connectivity index (χ0) is 21.3. The number of benzene rings is 2. The van der Waals surface area contributed by atoms with Crippen LogP contribution in [0.5, 0.6) is 5.75 Å². The molecule has 1 heterocycles. The lowest BCUT2D eigenvalue weighted by molar-refractivity contribution is -0.135. The number of carboxylic acid groups (broad SMARTS) is 1. The molecule has 0 saturated carbocycles. The molecule has 2 aromatic carbocycles. The molecule has 150 valence electrons. The van der Waals surface area contributed by atoms with E-state index < -0.39 is 41.1 Å². The van der Waals surface area contributed by atoms with E-state index in [1.807, 2.05) is 0 Å². The van der Waals surface area contributed by atoms with Gasteiger partial charge in [-0.1, -0.05) is 17.7 Å². The second-order valence-electron chi connectivity index (χ2n) is 6.85. The Kier molecular flexibility index (Phi) is 5.36. The van der Waals surface area contributed by atoms with Crippen LogP contribution in [0.4, 0.5) is 4.39 Å². The molecule has 0 aliphatic heterocycles. The molecule has 3 N–H and O–H groups in total. The summed E-state index contributed by atoms with van der Waals surface area (Å²) < 4.78 is 15.1. The number of pyridine rings is 1. The number of hydrogen-bond donors (Lipinski definition) is 3. The van der Waals surface area contributed by atoms with Gasteiger partial charge in [-0.2, -0.15) is 0 Å². The molecule has 0 fully saturated rings. The van der Waals surface area contributed by atoms with E-state index in [9.17, 15) is 23.9 Å². The van der Waals surface area contributed by atoms with Crippen molar-refractivity contribution < 1.29 is 24.2 Å². The molecule has 7 nitrogen and oxygen atoms in total. The van der Waals surface area contributed by atoms with Gasteiger partial charge in [-0.15, -0.1) is 0 Å². The Morgan fingerprint density at radius 3 is 2.48 bits per heavy atom. The highest BCUT2D eigenvalue weighted by Crippen LogP contribution is 2.28. The van der Waals surface area contributed by atoms with Gasteiger partial charge in [0.15, 0.2) is 0 Å². The van der Waals surface area contributed by atoms with Gasteiger partial charge in [0, 0.05) is 5.39 Å². The highest BCUT2D eigenvalue weighted by molar-refractivity contribution is 6.03. The molecule has 1 amide bonds. The minimum atomic E-state index is -1.29. The minimum Gasteiger partial charge on any atom is -0.506 e. The third-order valence-electron chi connectivity index (χ3n) is 4.46. The van der Waals surface area contributed by atoms with E-state index >= 15 is 0 Å². The van der Waals surface area contributed by atoms with Gasteiger partial charge >= 0.3 is 5.97 Å². The normalized spacial score (nSPS) is 10.9. The van der Waals surface area contributed by atoms with Crippen molar-refractivity contribution in [1.29, 1.82) is 0 Å². The summed E-state index contributed by atoms with van der Waals surface area (Å²) in [5.41, 5.74) is 0.980. The molecule has 0 saturated heterocycles. The fourth-order valence-electron chi connectivity index (χ4n) is 3.25. The molecule has 3 rings (SSSR count). The van der Waals surface area contributed by atoms with Crippen molar-refractivity contribution in [2.24, 2.45) is 0 Å². The van der Waals surface area contributed by atoms with Crippen molar-refractivity contribution >= 4 is 22.8 Å². The number of carboxylic acids is 1. The molecular formula is C21H19FN2O5. The van der Waals surface area contributed by atoms with Crippen LogP contribution in [0.1, 0.15) is 27.0 Å². The third-order valence-corrected chi connectivity index (χ3v) is 4.46. The number of aromatic nitrogens is 1. The molecule has 0 aliphatic rings. The Morgan fingerprint density at radius 1 is 1.10 bits per heavy atom. The van der Waals surface area contributed by atoms with Crippen LogP contribution < -0.4 is 10.9 Å². The van der Waals surface area contributed by atoms with Crippen LogP contribution in [0.15, 0.2) is 41.2 Å². The summed E-state index contributed by atoms with van der Waals surface area (Å²) in [5, 5.41) is 21.7. The van der Waals surface area contributed by atoms with Crippen LogP contribution in [0, 0.1) is 19.7 Å². The van der Waals surface area contributed by atoms with Gasteiger partial charge in [-0.3, -0.25) is 14.4 Å². The summed E-state index contributed by atoms with van der Waals surface area (Å²) in [5.74, 6) is -3.26. The Hall–Kier alpha value is -3.68. The van der Waals surface area contributed by atoms with Crippen LogP contribution in [-0.4, -0.2) is 33.2 Å². The largest absolute Gasteiger partial charge is 0.506 e. The number of rotatable bonds is 5. The summed E-state index contributed by atoms with van der Waals surface area (Å²) in [6, 6.07) is 9.36. The highest BCUT2D eigenvalue weighted by atomic mass is 19.1. The minimum absolute atomic E-state index is 0.0313. The maximum atomic E-state index is 13.8. The zero-order valence-electron chi connectivity index (χ0n) is 15.8. The van der Waals surface area contributed by atoms with Crippen molar-refractivity contribution in [3.63, 3.8) is 0 Å². The number of halogens is 1.